The van der Waals surface area contributed by atoms with E-state index in [4.69, 9.17) is 5.26 Å². The fourth-order valence-corrected chi connectivity index (χ4v) is 5.00. The first-order valence-corrected chi connectivity index (χ1v) is 12.5. The topological polar surface area (TPSA) is 106 Å². The van der Waals surface area contributed by atoms with Crippen LogP contribution in [0.25, 0.3) is 10.8 Å². The van der Waals surface area contributed by atoms with Gasteiger partial charge in [-0.15, -0.1) is 0 Å². The lowest BCUT2D eigenvalue weighted by Crippen LogP contribution is -2.54. The molecule has 1 saturated heterocycles. The van der Waals surface area contributed by atoms with Gasteiger partial charge in [-0.25, -0.2) is 14.5 Å². The third-order valence-corrected chi connectivity index (χ3v) is 7.04. The van der Waals surface area contributed by atoms with E-state index >= 15 is 0 Å². The molecule has 1 unspecified atom stereocenters. The zero-order valence-corrected chi connectivity index (χ0v) is 21.5. The number of pyridine rings is 1. The summed E-state index contributed by atoms with van der Waals surface area (Å²) in [6, 6.07) is 15.3. The van der Waals surface area contributed by atoms with Gasteiger partial charge in [-0.05, 0) is 55.0 Å². The lowest BCUT2D eigenvalue weighted by molar-refractivity contribution is 0.0721. The van der Waals surface area contributed by atoms with Crippen molar-refractivity contribution in [3.63, 3.8) is 0 Å². The highest BCUT2D eigenvalue weighted by Gasteiger charge is 2.29. The quantitative estimate of drug-likeness (QED) is 0.404. The molecule has 3 heterocycles. The molecule has 10 heteroatoms. The Kier molecular flexibility index (Phi) is 6.72. The van der Waals surface area contributed by atoms with E-state index in [1.165, 1.54) is 12.3 Å². The van der Waals surface area contributed by atoms with Gasteiger partial charge < -0.3 is 9.80 Å². The first-order valence-electron chi connectivity index (χ1n) is 11.7. The molecule has 0 radical (unpaired) electrons. The fraction of sp³-hybridized carbons (Fsp3) is 0.222. The van der Waals surface area contributed by atoms with Gasteiger partial charge in [0.05, 0.1) is 22.2 Å². The highest BCUT2D eigenvalue weighted by atomic mass is 79.9. The normalized spacial score (nSPS) is 15.6. The average molecular weight is 561 g/mol. The largest absolute Gasteiger partial charge is 0.350 e. The van der Waals surface area contributed by atoms with Gasteiger partial charge >= 0.3 is 0 Å². The molecule has 5 rings (SSSR count). The Hall–Kier alpha value is -4.10. The molecule has 1 N–H and O–H groups in total. The number of aromatic nitrogens is 3. The van der Waals surface area contributed by atoms with Crippen LogP contribution in [0.3, 0.4) is 0 Å². The molecule has 186 valence electrons. The highest BCUT2D eigenvalue weighted by molar-refractivity contribution is 9.10. The number of aromatic amines is 1. The number of halogens is 2. The van der Waals surface area contributed by atoms with Crippen molar-refractivity contribution in [2.24, 2.45) is 0 Å². The standard InChI is InChI=1S/C27H22BrFN6O2/c1-16-15-34(8-9-35(16)25-7-3-18(13-30)14-31-25)27(37)22-10-17(2-6-23(22)29)11-24-21-12-19(28)4-5-20(21)26(36)33-32-24/h2-7,10,12,14,16H,8-9,11,15H2,1H3,(H,33,36). The number of carbonyl (C=O) groups is 1. The first-order chi connectivity index (χ1) is 17.8. The average Bonchev–Trinajstić information content (AvgIpc) is 2.91. The van der Waals surface area contributed by atoms with Gasteiger partial charge in [0.1, 0.15) is 17.7 Å². The van der Waals surface area contributed by atoms with Crippen LogP contribution < -0.4 is 10.5 Å². The summed E-state index contributed by atoms with van der Waals surface area (Å²) in [5.74, 6) is -0.223. The lowest BCUT2D eigenvalue weighted by atomic mass is 10.0. The van der Waals surface area contributed by atoms with Crippen molar-refractivity contribution in [3.05, 3.63) is 97.8 Å². The van der Waals surface area contributed by atoms with Gasteiger partial charge in [0, 0.05) is 48.2 Å². The fourth-order valence-electron chi connectivity index (χ4n) is 4.64. The zero-order valence-electron chi connectivity index (χ0n) is 19.9. The molecular weight excluding hydrogens is 539 g/mol. The van der Waals surface area contributed by atoms with Crippen LogP contribution in [0.5, 0.6) is 0 Å². The molecule has 1 aliphatic heterocycles. The van der Waals surface area contributed by atoms with Crippen LogP contribution >= 0.6 is 15.9 Å². The molecule has 0 aliphatic carbocycles. The number of amides is 1. The van der Waals surface area contributed by atoms with E-state index < -0.39 is 5.82 Å². The van der Waals surface area contributed by atoms with Crippen molar-refractivity contribution >= 4 is 38.4 Å². The minimum Gasteiger partial charge on any atom is -0.350 e. The molecule has 2 aromatic carbocycles. The number of anilines is 1. The molecule has 1 aliphatic rings. The number of carbonyl (C=O) groups excluding carboxylic acids is 1. The summed E-state index contributed by atoms with van der Waals surface area (Å²) in [4.78, 5) is 33.6. The van der Waals surface area contributed by atoms with Crippen LogP contribution in [0.2, 0.25) is 0 Å². The second-order valence-corrected chi connectivity index (χ2v) is 9.91. The van der Waals surface area contributed by atoms with E-state index in [2.05, 4.69) is 42.1 Å². The van der Waals surface area contributed by atoms with E-state index in [9.17, 15) is 14.0 Å². The van der Waals surface area contributed by atoms with E-state index in [-0.39, 0.29) is 23.1 Å². The van der Waals surface area contributed by atoms with Crippen molar-refractivity contribution in [1.29, 1.82) is 5.26 Å². The maximum atomic E-state index is 14.8. The molecule has 1 fully saturated rings. The Morgan fingerprint density at radius 3 is 2.76 bits per heavy atom. The SMILES string of the molecule is CC1CN(C(=O)c2cc(Cc3n[nH]c(=O)c4ccc(Br)cc34)ccc2F)CCN1c1ccc(C#N)cn1. The van der Waals surface area contributed by atoms with E-state index in [0.29, 0.717) is 53.6 Å². The van der Waals surface area contributed by atoms with Crippen molar-refractivity contribution < 1.29 is 9.18 Å². The maximum Gasteiger partial charge on any atom is 0.272 e. The monoisotopic (exact) mass is 560 g/mol. The number of benzene rings is 2. The van der Waals surface area contributed by atoms with Gasteiger partial charge in [0.25, 0.3) is 11.5 Å². The van der Waals surface area contributed by atoms with Gasteiger partial charge in [-0.2, -0.15) is 10.4 Å². The molecule has 0 saturated carbocycles. The predicted molar refractivity (Wildman–Crippen MR) is 141 cm³/mol. The Bertz CT molecular complexity index is 1600. The van der Waals surface area contributed by atoms with Gasteiger partial charge in [-0.3, -0.25) is 9.59 Å². The van der Waals surface area contributed by atoms with E-state index in [1.54, 1.807) is 41.3 Å². The van der Waals surface area contributed by atoms with E-state index in [1.807, 2.05) is 13.0 Å². The molecule has 1 atom stereocenters. The third-order valence-electron chi connectivity index (χ3n) is 6.55. The molecular formula is C27H22BrFN6O2. The first kappa shape index (κ1) is 24.6. The molecule has 0 bridgehead atoms. The van der Waals surface area contributed by atoms with Crippen LogP contribution in [0.4, 0.5) is 10.2 Å². The summed E-state index contributed by atoms with van der Waals surface area (Å²) < 4.78 is 15.6. The number of hydrogen-bond donors (Lipinski definition) is 1. The molecule has 2 aromatic heterocycles. The molecule has 0 spiro atoms. The minimum absolute atomic E-state index is 0.00422. The zero-order chi connectivity index (χ0) is 26.1. The molecule has 4 aromatic rings. The van der Waals surface area contributed by atoms with Crippen molar-refractivity contribution in [1.82, 2.24) is 20.1 Å². The number of rotatable bonds is 4. The van der Waals surface area contributed by atoms with Crippen LogP contribution in [0.15, 0.2) is 64.0 Å². The number of H-pyrrole nitrogens is 1. The lowest BCUT2D eigenvalue weighted by Gasteiger charge is -2.40. The molecule has 1 amide bonds. The summed E-state index contributed by atoms with van der Waals surface area (Å²) in [6.07, 6.45) is 1.85. The van der Waals surface area contributed by atoms with Crippen molar-refractivity contribution in [2.45, 2.75) is 19.4 Å². The summed E-state index contributed by atoms with van der Waals surface area (Å²) in [5.41, 5.74) is 1.53. The van der Waals surface area contributed by atoms with Crippen LogP contribution in [0.1, 0.15) is 34.1 Å². The smallest absolute Gasteiger partial charge is 0.272 e. The van der Waals surface area contributed by atoms with Gasteiger partial charge in [0.15, 0.2) is 0 Å². The third kappa shape index (κ3) is 4.95. The predicted octanol–water partition coefficient (Wildman–Crippen LogP) is 4.03. The van der Waals surface area contributed by atoms with E-state index in [0.717, 1.165) is 10.3 Å². The maximum absolute atomic E-state index is 14.8. The van der Waals surface area contributed by atoms with Gasteiger partial charge in [0.2, 0.25) is 0 Å². The Morgan fingerprint density at radius 1 is 1.19 bits per heavy atom. The number of nitrogens with zero attached hydrogens (tertiary/aromatic N) is 5. The second kappa shape index (κ2) is 10.1. The number of fused-ring (bicyclic) bond motifs is 1. The Balaban J connectivity index is 1.36. The summed E-state index contributed by atoms with van der Waals surface area (Å²) in [7, 11) is 0. The Labute approximate surface area is 220 Å². The summed E-state index contributed by atoms with van der Waals surface area (Å²) >= 11 is 3.43. The number of nitrogens with one attached hydrogen (secondary N) is 1. The van der Waals surface area contributed by atoms with Crippen molar-refractivity contribution in [3.8, 4) is 6.07 Å². The summed E-state index contributed by atoms with van der Waals surface area (Å²) in [5, 5.41) is 16.9. The van der Waals surface area contributed by atoms with Crippen molar-refractivity contribution in [2.75, 3.05) is 24.5 Å². The van der Waals surface area contributed by atoms with Crippen LogP contribution in [-0.2, 0) is 6.42 Å². The van der Waals surface area contributed by atoms with Gasteiger partial charge in [-0.1, -0.05) is 22.0 Å². The molecule has 37 heavy (non-hydrogen) atoms. The number of hydrogen-bond acceptors (Lipinski definition) is 6. The number of piperazine rings is 1. The summed E-state index contributed by atoms with van der Waals surface area (Å²) in [6.45, 7) is 3.34. The second-order valence-electron chi connectivity index (χ2n) is 8.99. The highest BCUT2D eigenvalue weighted by Crippen LogP contribution is 2.24. The number of nitriles is 1. The van der Waals surface area contributed by atoms with Crippen LogP contribution in [-0.4, -0.2) is 51.7 Å². The van der Waals surface area contributed by atoms with Crippen LogP contribution in [0, 0.1) is 17.1 Å². The Morgan fingerprint density at radius 2 is 2.03 bits per heavy atom. The minimum atomic E-state index is -0.584. The molecule has 8 nitrogen and oxygen atoms in total.